The van der Waals surface area contributed by atoms with Gasteiger partial charge in [-0.25, -0.2) is 8.78 Å². The largest absolute Gasteiger partial charge is 0.467 e. The number of alkyl halides is 2. The first-order valence-electron chi connectivity index (χ1n) is 31.3. The van der Waals surface area contributed by atoms with Gasteiger partial charge < -0.3 is 34.8 Å². The molecule has 85 heavy (non-hydrogen) atoms. The maximum Gasteiger partial charge on any atom is 0.319 e. The molecule has 5 atom stereocenters. The summed E-state index contributed by atoms with van der Waals surface area (Å²) in [5.74, 6) is 1.79. The van der Waals surface area contributed by atoms with Crippen molar-refractivity contribution in [2.75, 3.05) is 62.1 Å². The Kier molecular flexibility index (Phi) is 20.6. The number of methoxy groups -OCH3 is 1. The van der Waals surface area contributed by atoms with E-state index in [2.05, 4.69) is 73.8 Å². The van der Waals surface area contributed by atoms with Crippen LogP contribution in [0.4, 0.5) is 20.4 Å². The van der Waals surface area contributed by atoms with Gasteiger partial charge in [-0.2, -0.15) is 19.9 Å². The Labute approximate surface area is 511 Å². The van der Waals surface area contributed by atoms with Crippen molar-refractivity contribution in [2.24, 2.45) is 10.9 Å². The van der Waals surface area contributed by atoms with Crippen LogP contribution in [0.3, 0.4) is 0 Å². The number of piperazine rings is 2. The van der Waals surface area contributed by atoms with Gasteiger partial charge in [0.2, 0.25) is 5.91 Å². The Hall–Kier alpha value is -6.07. The molecule has 2 aliphatic carbocycles. The average Bonchev–Trinajstić information content (AvgIpc) is 1.69. The molecule has 18 heteroatoms. The third-order valence-corrected chi connectivity index (χ3v) is 18.9. The van der Waals surface area contributed by atoms with Crippen LogP contribution in [0.15, 0.2) is 72.4 Å². The molecule has 8 heterocycles. The number of aromatic nitrogens is 5. The quantitative estimate of drug-likeness (QED) is 0.0540. The zero-order chi connectivity index (χ0) is 59.8. The smallest absolute Gasteiger partial charge is 0.319 e. The van der Waals surface area contributed by atoms with Gasteiger partial charge in [-0.3, -0.25) is 14.8 Å². The van der Waals surface area contributed by atoms with E-state index in [0.717, 1.165) is 79.1 Å². The molecule has 14 nitrogen and oxygen atoms in total. The standard InChI is InChI=1S/C31H33Cl2FN6O2.C25H26FN5O.C9H20.C2H6/c1-19(24-6-2-4-20-5-3-7-26(33)29(20)24)35-16-25-27(15-34)37-31(42-23-10-12-39(13-11-23)28(41)14-32)38-30(25)40-17-21-8-9-22(18-40)36-21;1-32-24-29-22-18(23(30-24)31-12-15-5-6-16(13-31)28-15)11-27-21(20(22)26)17-4-2-3-14-7-8-25(9-10-25)19(14)17;1-4-6-7-8-9(3)5-2;1-2/h2-7,16,21-23,36H,1,8-15,17-18H2;2-4,11,15-16,28H,5-10,12-13H2,1H3;9H,4-8H2,1-3H3;1-2H3. The maximum absolute atomic E-state index is 16.1. The van der Waals surface area contributed by atoms with Crippen molar-refractivity contribution in [1.82, 2.24) is 40.5 Å². The van der Waals surface area contributed by atoms with Crippen LogP contribution in [0.5, 0.6) is 12.0 Å². The molecule has 3 aromatic heterocycles. The van der Waals surface area contributed by atoms with Gasteiger partial charge in [-0.05, 0) is 85.3 Å². The van der Waals surface area contributed by atoms with Crippen LogP contribution < -0.4 is 29.9 Å². The average molecular weight is 1200 g/mol. The van der Waals surface area contributed by atoms with Crippen molar-refractivity contribution in [3.05, 3.63) is 106 Å². The lowest BCUT2D eigenvalue weighted by Crippen LogP contribution is -2.51. The summed E-state index contributed by atoms with van der Waals surface area (Å²) >= 11 is 12.3. The lowest BCUT2D eigenvalue weighted by Gasteiger charge is -2.35. The number of benzene rings is 3. The highest BCUT2D eigenvalue weighted by molar-refractivity contribution is 6.36. The molecule has 1 saturated carbocycles. The van der Waals surface area contributed by atoms with E-state index in [1.165, 1.54) is 82.4 Å². The van der Waals surface area contributed by atoms with Crippen molar-refractivity contribution in [2.45, 2.75) is 173 Å². The molecule has 5 saturated heterocycles. The van der Waals surface area contributed by atoms with Crippen LogP contribution in [-0.2, 0) is 23.3 Å². The highest BCUT2D eigenvalue weighted by Crippen LogP contribution is 2.59. The van der Waals surface area contributed by atoms with Gasteiger partial charge in [0.1, 0.15) is 41.5 Å². The number of likely N-dealkylation sites (tertiary alicyclic amines) is 1. The van der Waals surface area contributed by atoms with Crippen molar-refractivity contribution < 1.29 is 23.0 Å². The molecule has 13 rings (SSSR count). The lowest BCUT2D eigenvalue weighted by atomic mass is 9.91. The molecule has 4 bridgehead atoms. The Bertz CT molecular complexity index is 3330. The number of aliphatic imine (C=N–C) groups is 1. The molecular formula is C67H85Cl2F2N11O3. The molecule has 5 aliphatic heterocycles. The number of piperidine rings is 1. The van der Waals surface area contributed by atoms with Gasteiger partial charge in [0.25, 0.3) is 0 Å². The first kappa shape index (κ1) is 62.0. The maximum atomic E-state index is 16.1. The SMILES string of the molecule is C=C(N=Cc1c(CF)nc(OC2CCN(C(=O)CCl)CC2)nc1N1CC2CCC(C1)N2)c1cccc2cccc(Cl)c12.CC.CCCCCC(C)CC.COc1nc(N2CC3CCC(C2)N3)c2cnc(-c3cccc4c3C3(CC4)CC3)c(F)c2n1. The summed E-state index contributed by atoms with van der Waals surface area (Å²) in [7, 11) is 1.54. The molecule has 7 aliphatic rings. The number of carbonyl (C=O) groups excluding carboxylic acids is 1. The first-order chi connectivity index (χ1) is 41.4. The minimum atomic E-state index is -0.804. The van der Waals surface area contributed by atoms with E-state index in [9.17, 15) is 9.18 Å². The minimum Gasteiger partial charge on any atom is -0.467 e. The fraction of sp³-hybridized carbons (Fsp3) is 0.537. The van der Waals surface area contributed by atoms with Crippen molar-refractivity contribution in [3.63, 3.8) is 0 Å². The summed E-state index contributed by atoms with van der Waals surface area (Å²) in [5, 5.41) is 10.4. The van der Waals surface area contributed by atoms with Gasteiger partial charge >= 0.3 is 12.0 Å². The Morgan fingerprint density at radius 1 is 0.859 bits per heavy atom. The van der Waals surface area contributed by atoms with E-state index in [4.69, 9.17) is 42.7 Å². The van der Waals surface area contributed by atoms with Crippen LogP contribution in [0, 0.1) is 11.7 Å². The van der Waals surface area contributed by atoms with Crippen molar-refractivity contribution in [1.29, 1.82) is 0 Å². The predicted molar refractivity (Wildman–Crippen MR) is 341 cm³/mol. The lowest BCUT2D eigenvalue weighted by molar-refractivity contribution is -0.130. The second kappa shape index (κ2) is 28.2. The zero-order valence-corrected chi connectivity index (χ0v) is 52.1. The summed E-state index contributed by atoms with van der Waals surface area (Å²) in [5.41, 5.74) is 6.55. The van der Waals surface area contributed by atoms with Gasteiger partial charge in [-0.15, -0.1) is 11.6 Å². The number of fused-ring (bicyclic) bond motifs is 8. The fourth-order valence-corrected chi connectivity index (χ4v) is 13.9. The van der Waals surface area contributed by atoms with Crippen LogP contribution in [0.2, 0.25) is 5.02 Å². The van der Waals surface area contributed by atoms with E-state index in [0.29, 0.717) is 88.8 Å². The Morgan fingerprint density at radius 2 is 1.51 bits per heavy atom. The van der Waals surface area contributed by atoms with E-state index in [1.54, 1.807) is 17.3 Å². The third kappa shape index (κ3) is 13.9. The number of pyridine rings is 1. The summed E-state index contributed by atoms with van der Waals surface area (Å²) in [6.45, 7) is 18.6. The molecule has 2 N–H and O–H groups in total. The van der Waals surface area contributed by atoms with E-state index in [-0.39, 0.29) is 46.8 Å². The monoisotopic (exact) mass is 1200 g/mol. The van der Waals surface area contributed by atoms with E-state index in [1.807, 2.05) is 62.4 Å². The van der Waals surface area contributed by atoms with Crippen molar-refractivity contribution >= 4 is 74.3 Å². The summed E-state index contributed by atoms with van der Waals surface area (Å²) in [6, 6.07) is 19.8. The second-order valence-corrected chi connectivity index (χ2v) is 24.6. The van der Waals surface area contributed by atoms with Crippen LogP contribution >= 0.6 is 23.2 Å². The highest BCUT2D eigenvalue weighted by Gasteiger charge is 2.50. The molecular weight excluding hydrogens is 1120 g/mol. The molecule has 0 radical (unpaired) electrons. The normalized spacial score (nSPS) is 21.2. The van der Waals surface area contributed by atoms with Crippen LogP contribution in [-0.4, -0.2) is 124 Å². The number of aryl methyl sites for hydroxylation is 1. The molecule has 5 unspecified atom stereocenters. The number of amides is 1. The molecule has 1 amide bonds. The number of nitrogens with zero attached hydrogens (tertiary/aromatic N) is 9. The molecule has 454 valence electrons. The number of unbranched alkanes of at least 4 members (excludes halogenated alkanes) is 2. The Balaban J connectivity index is 0.000000165. The van der Waals surface area contributed by atoms with Crippen LogP contribution in [0.1, 0.15) is 152 Å². The molecule has 1 spiro atoms. The summed E-state index contributed by atoms with van der Waals surface area (Å²) in [4.78, 5) is 45.9. The number of ether oxygens (including phenoxy) is 2. The minimum absolute atomic E-state index is 0.0342. The third-order valence-electron chi connectivity index (χ3n) is 18.3. The number of hydrogen-bond acceptors (Lipinski definition) is 13. The van der Waals surface area contributed by atoms with Crippen LogP contribution in [0.25, 0.3) is 38.6 Å². The Morgan fingerprint density at radius 3 is 2.13 bits per heavy atom. The topological polar surface area (TPSA) is 146 Å². The number of hydrogen-bond donors (Lipinski definition) is 2. The summed E-state index contributed by atoms with van der Waals surface area (Å²) in [6.07, 6.45) is 20.6. The predicted octanol–water partition coefficient (Wildman–Crippen LogP) is 13.8. The zero-order valence-electron chi connectivity index (χ0n) is 50.5. The number of rotatable bonds is 16. The highest BCUT2D eigenvalue weighted by atomic mass is 35.5. The van der Waals surface area contributed by atoms with Gasteiger partial charge in [0.15, 0.2) is 5.82 Å². The number of nitrogens with one attached hydrogen (secondary N) is 2. The number of anilines is 2. The second-order valence-electron chi connectivity index (χ2n) is 23.9. The van der Waals surface area contributed by atoms with E-state index >= 15 is 4.39 Å². The van der Waals surface area contributed by atoms with Gasteiger partial charge in [0, 0.05) is 110 Å². The first-order valence-corrected chi connectivity index (χ1v) is 32.2. The fourth-order valence-electron chi connectivity index (χ4n) is 13.4. The number of halogens is 4. The van der Waals surface area contributed by atoms with Gasteiger partial charge in [-0.1, -0.05) is 133 Å². The molecule has 6 fully saturated rings. The molecule has 6 aromatic rings. The van der Waals surface area contributed by atoms with Gasteiger partial charge in [0.05, 0.1) is 29.5 Å². The molecule has 3 aromatic carbocycles. The van der Waals surface area contributed by atoms with E-state index < -0.39 is 6.67 Å². The van der Waals surface area contributed by atoms with Crippen molar-refractivity contribution in [3.8, 4) is 23.3 Å². The number of carbonyl (C=O) groups is 1. The summed E-state index contributed by atoms with van der Waals surface area (Å²) < 4.78 is 42.3.